The van der Waals surface area contributed by atoms with Crippen molar-refractivity contribution in [2.75, 3.05) is 12.4 Å². The average molecular weight is 450 g/mol. The van der Waals surface area contributed by atoms with Crippen molar-refractivity contribution >= 4 is 45.9 Å². The van der Waals surface area contributed by atoms with E-state index in [1.54, 1.807) is 12.1 Å². The third-order valence-electron chi connectivity index (χ3n) is 3.57. The second kappa shape index (κ2) is 15.3. The molecule has 1 aromatic carbocycles. The zero-order valence-electron chi connectivity index (χ0n) is 17.2. The maximum Gasteiger partial charge on any atom is 0.303 e. The second-order valence-electron chi connectivity index (χ2n) is 5.95. The SMILES string of the molecule is C=N/C(=C\C=C/C)SSCCC(=O)N/N=C(\C)c1ccc(OCCCC(=O)O)cc1. The third-order valence-corrected chi connectivity index (χ3v) is 5.86. The summed E-state index contributed by atoms with van der Waals surface area (Å²) < 4.78 is 5.50. The monoisotopic (exact) mass is 449 g/mol. The van der Waals surface area contributed by atoms with Gasteiger partial charge in [-0.3, -0.25) is 14.6 Å². The number of benzene rings is 1. The second-order valence-corrected chi connectivity index (χ2v) is 8.38. The molecular formula is C21H27N3O4S2. The van der Waals surface area contributed by atoms with Crippen LogP contribution in [-0.4, -0.2) is 41.8 Å². The molecule has 0 saturated carbocycles. The van der Waals surface area contributed by atoms with Gasteiger partial charge in [0.25, 0.3) is 0 Å². The Morgan fingerprint density at radius 1 is 1.27 bits per heavy atom. The van der Waals surface area contributed by atoms with Crippen molar-refractivity contribution in [2.24, 2.45) is 10.1 Å². The molecule has 1 aromatic rings. The Kier molecular flexibility index (Phi) is 13.0. The van der Waals surface area contributed by atoms with Gasteiger partial charge in [-0.05, 0) is 73.7 Å². The van der Waals surface area contributed by atoms with Gasteiger partial charge in [0.15, 0.2) is 0 Å². The van der Waals surface area contributed by atoms with E-state index < -0.39 is 5.97 Å². The van der Waals surface area contributed by atoms with Gasteiger partial charge in [-0.15, -0.1) is 0 Å². The van der Waals surface area contributed by atoms with Gasteiger partial charge in [0.2, 0.25) is 5.91 Å². The van der Waals surface area contributed by atoms with Crippen LogP contribution in [-0.2, 0) is 9.59 Å². The van der Waals surface area contributed by atoms with Crippen molar-refractivity contribution in [2.45, 2.75) is 33.1 Å². The van der Waals surface area contributed by atoms with Crippen LogP contribution >= 0.6 is 21.6 Å². The first kappa shape index (κ1) is 25.5. The Morgan fingerprint density at radius 3 is 2.63 bits per heavy atom. The Labute approximate surface area is 185 Å². The molecule has 7 nitrogen and oxygen atoms in total. The summed E-state index contributed by atoms with van der Waals surface area (Å²) in [6.45, 7) is 7.60. The van der Waals surface area contributed by atoms with E-state index in [0.717, 1.165) is 10.6 Å². The van der Waals surface area contributed by atoms with Gasteiger partial charge < -0.3 is 9.84 Å². The van der Waals surface area contributed by atoms with Crippen molar-refractivity contribution in [3.05, 3.63) is 53.1 Å². The number of carboxylic acid groups (broad SMARTS) is 1. The molecule has 9 heteroatoms. The molecule has 0 aliphatic carbocycles. The van der Waals surface area contributed by atoms with E-state index in [1.165, 1.54) is 21.6 Å². The van der Waals surface area contributed by atoms with Gasteiger partial charge in [-0.25, -0.2) is 5.43 Å². The Morgan fingerprint density at radius 2 is 2.00 bits per heavy atom. The summed E-state index contributed by atoms with van der Waals surface area (Å²) in [5.41, 5.74) is 4.09. The van der Waals surface area contributed by atoms with Crippen LogP contribution in [0, 0.1) is 0 Å². The maximum absolute atomic E-state index is 11.9. The van der Waals surface area contributed by atoms with Crippen LogP contribution in [0.1, 0.15) is 38.7 Å². The highest BCUT2D eigenvalue weighted by Crippen LogP contribution is 2.31. The van der Waals surface area contributed by atoms with E-state index in [-0.39, 0.29) is 12.3 Å². The van der Waals surface area contributed by atoms with E-state index in [0.29, 0.717) is 36.7 Å². The number of hydrazone groups is 1. The fraction of sp³-hybridized carbons (Fsp3) is 0.333. The molecule has 0 bridgehead atoms. The molecule has 0 heterocycles. The molecule has 0 radical (unpaired) electrons. The molecule has 162 valence electrons. The highest BCUT2D eigenvalue weighted by atomic mass is 33.1. The number of allylic oxidation sites excluding steroid dienone is 3. The van der Waals surface area contributed by atoms with Gasteiger partial charge in [-0.1, -0.05) is 22.9 Å². The zero-order chi connectivity index (χ0) is 22.2. The molecule has 30 heavy (non-hydrogen) atoms. The fourth-order valence-electron chi connectivity index (χ4n) is 1.99. The van der Waals surface area contributed by atoms with Gasteiger partial charge in [0.05, 0.1) is 12.3 Å². The van der Waals surface area contributed by atoms with Crippen molar-refractivity contribution in [1.29, 1.82) is 0 Å². The molecule has 0 aromatic heterocycles. The smallest absolute Gasteiger partial charge is 0.303 e. The molecule has 0 saturated heterocycles. The first-order valence-electron chi connectivity index (χ1n) is 9.33. The van der Waals surface area contributed by atoms with Gasteiger partial charge >= 0.3 is 5.97 Å². The minimum Gasteiger partial charge on any atom is -0.494 e. The van der Waals surface area contributed by atoms with Crippen LogP contribution in [0.25, 0.3) is 0 Å². The normalized spacial score (nSPS) is 12.1. The van der Waals surface area contributed by atoms with Crippen molar-refractivity contribution in [3.8, 4) is 5.75 Å². The molecule has 0 aliphatic heterocycles. The summed E-state index contributed by atoms with van der Waals surface area (Å²) in [5.74, 6) is 0.292. The standard InChI is InChI=1S/C21H27N3O4S2/c1-4-5-7-20(22-3)30-29-15-13-19(25)24-23-16(2)17-9-11-18(12-10-17)28-14-6-8-21(26)27/h4-5,7,9-12H,3,6,8,13-15H2,1-2H3,(H,24,25)(H,26,27)/b5-4-,20-7+,23-16+. The first-order chi connectivity index (χ1) is 14.5. The van der Waals surface area contributed by atoms with Crippen LogP contribution in [0.2, 0.25) is 0 Å². The number of hydrogen-bond acceptors (Lipinski definition) is 7. The molecule has 2 N–H and O–H groups in total. The zero-order valence-corrected chi connectivity index (χ0v) is 18.8. The van der Waals surface area contributed by atoms with Crippen LogP contribution < -0.4 is 10.2 Å². The van der Waals surface area contributed by atoms with Crippen LogP contribution in [0.5, 0.6) is 5.75 Å². The third kappa shape index (κ3) is 11.5. The van der Waals surface area contributed by atoms with Gasteiger partial charge in [0.1, 0.15) is 10.8 Å². The minimum atomic E-state index is -0.833. The number of aliphatic carboxylic acids is 1. The predicted molar refractivity (Wildman–Crippen MR) is 126 cm³/mol. The Bertz CT molecular complexity index is 790. The number of hydrogen-bond donors (Lipinski definition) is 2. The molecule has 0 fully saturated rings. The number of nitrogens with one attached hydrogen (secondary N) is 1. The van der Waals surface area contributed by atoms with E-state index >= 15 is 0 Å². The first-order valence-corrected chi connectivity index (χ1v) is 11.7. The average Bonchev–Trinajstić information content (AvgIpc) is 2.74. The quantitative estimate of drug-likeness (QED) is 0.141. The lowest BCUT2D eigenvalue weighted by Crippen LogP contribution is -2.19. The Hall–Kier alpha value is -2.52. The van der Waals surface area contributed by atoms with Crippen molar-refractivity contribution in [3.63, 3.8) is 0 Å². The number of carboxylic acids is 1. The summed E-state index contributed by atoms with van der Waals surface area (Å²) >= 11 is 0. The molecule has 0 spiro atoms. The number of nitrogens with zero attached hydrogens (tertiary/aromatic N) is 2. The number of carbonyl (C=O) groups excluding carboxylic acids is 1. The number of amides is 1. The Balaban J connectivity index is 2.37. The summed E-state index contributed by atoms with van der Waals surface area (Å²) in [5, 5.41) is 13.5. The van der Waals surface area contributed by atoms with E-state index in [9.17, 15) is 9.59 Å². The van der Waals surface area contributed by atoms with Crippen molar-refractivity contribution < 1.29 is 19.4 Å². The van der Waals surface area contributed by atoms with E-state index in [4.69, 9.17) is 9.84 Å². The topological polar surface area (TPSA) is 100 Å². The highest BCUT2D eigenvalue weighted by Gasteiger charge is 2.04. The number of carbonyl (C=O) groups is 2. The van der Waals surface area contributed by atoms with Crippen LogP contribution in [0.3, 0.4) is 0 Å². The molecule has 1 rings (SSSR count). The minimum absolute atomic E-state index is 0.0833. The van der Waals surface area contributed by atoms with E-state index in [2.05, 4.69) is 22.2 Å². The van der Waals surface area contributed by atoms with Crippen LogP contribution in [0.4, 0.5) is 0 Å². The lowest BCUT2D eigenvalue weighted by atomic mass is 10.1. The van der Waals surface area contributed by atoms with Gasteiger partial charge in [-0.2, -0.15) is 5.10 Å². The molecular weight excluding hydrogens is 422 g/mol. The summed E-state index contributed by atoms with van der Waals surface area (Å²) in [7, 11) is 3.01. The number of ether oxygens (including phenoxy) is 1. The molecule has 0 unspecified atom stereocenters. The van der Waals surface area contributed by atoms with Gasteiger partial charge in [0, 0.05) is 18.6 Å². The summed E-state index contributed by atoms with van der Waals surface area (Å²) in [4.78, 5) is 26.3. The number of aliphatic imine (C=N–C) groups is 1. The van der Waals surface area contributed by atoms with E-state index in [1.807, 2.05) is 44.2 Å². The summed E-state index contributed by atoms with van der Waals surface area (Å²) in [6.07, 6.45) is 6.54. The fourth-order valence-corrected chi connectivity index (χ4v) is 3.84. The molecule has 1 amide bonds. The van der Waals surface area contributed by atoms with Crippen LogP contribution in [0.15, 0.2) is 57.6 Å². The summed E-state index contributed by atoms with van der Waals surface area (Å²) in [6, 6.07) is 7.25. The number of rotatable bonds is 14. The lowest BCUT2D eigenvalue weighted by Gasteiger charge is -2.07. The largest absolute Gasteiger partial charge is 0.494 e. The highest BCUT2D eigenvalue weighted by molar-refractivity contribution is 8.78. The molecule has 0 aliphatic rings. The lowest BCUT2D eigenvalue weighted by molar-refractivity contribution is -0.137. The maximum atomic E-state index is 11.9. The predicted octanol–water partition coefficient (Wildman–Crippen LogP) is 4.66. The van der Waals surface area contributed by atoms with Crippen molar-refractivity contribution in [1.82, 2.24) is 5.43 Å². The molecule has 0 atom stereocenters.